The number of anilines is 1. The number of hydrogen-bond acceptors (Lipinski definition) is 3. The van der Waals surface area contributed by atoms with E-state index >= 15 is 0 Å². The number of nitrogens with two attached hydrogens (primary N) is 1. The van der Waals surface area contributed by atoms with Crippen molar-refractivity contribution in [2.45, 2.75) is 0 Å². The van der Waals surface area contributed by atoms with Crippen LogP contribution in [0.2, 0.25) is 5.02 Å². The van der Waals surface area contributed by atoms with E-state index in [1.807, 2.05) is 18.2 Å². The molecule has 0 amide bonds. The van der Waals surface area contributed by atoms with Gasteiger partial charge in [-0.1, -0.05) is 17.7 Å². The molecule has 0 unspecified atom stereocenters. The maximum absolute atomic E-state index is 9.34. The van der Waals surface area contributed by atoms with Crippen LogP contribution in [-0.4, -0.2) is 15.3 Å². The Balaban J connectivity index is 2.19. The largest absolute Gasteiger partial charge is 0.508 e. The number of aromatic amines is 1. The van der Waals surface area contributed by atoms with Gasteiger partial charge in [0, 0.05) is 10.9 Å². The van der Waals surface area contributed by atoms with Gasteiger partial charge < -0.3 is 10.8 Å². The van der Waals surface area contributed by atoms with Crippen molar-refractivity contribution in [1.29, 1.82) is 0 Å². The fourth-order valence-corrected chi connectivity index (χ4v) is 2.23. The molecule has 0 bridgehead atoms. The van der Waals surface area contributed by atoms with Crippen molar-refractivity contribution in [2.24, 2.45) is 0 Å². The second-order valence-electron chi connectivity index (χ2n) is 4.03. The molecule has 0 spiro atoms. The molecule has 0 aliphatic heterocycles. The SMILES string of the molecule is Nc1n[nH]c2cc(-c3ccc(O)cc3Cl)ccc12. The number of nitrogens with one attached hydrogen (secondary N) is 1. The highest BCUT2D eigenvalue weighted by Gasteiger charge is 2.07. The Bertz CT molecular complexity index is 736. The van der Waals surface area contributed by atoms with Gasteiger partial charge in [-0.3, -0.25) is 5.10 Å². The summed E-state index contributed by atoms with van der Waals surface area (Å²) in [6.45, 7) is 0. The Morgan fingerprint density at radius 2 is 2.00 bits per heavy atom. The standard InChI is InChI=1S/C13H10ClN3O/c14-11-6-8(18)2-4-9(11)7-1-3-10-12(5-7)16-17-13(10)15/h1-6,18H,(H3,15,16,17). The third-order valence-corrected chi connectivity index (χ3v) is 3.17. The lowest BCUT2D eigenvalue weighted by molar-refractivity contribution is 0.475. The van der Waals surface area contributed by atoms with Crippen LogP contribution in [0.4, 0.5) is 5.82 Å². The van der Waals surface area contributed by atoms with Crippen LogP contribution < -0.4 is 5.73 Å². The first kappa shape index (κ1) is 10.9. The van der Waals surface area contributed by atoms with Crippen molar-refractivity contribution in [1.82, 2.24) is 10.2 Å². The Hall–Kier alpha value is -2.20. The van der Waals surface area contributed by atoms with Crippen LogP contribution >= 0.6 is 11.6 Å². The first-order valence-corrected chi connectivity index (χ1v) is 5.75. The van der Waals surface area contributed by atoms with E-state index in [1.54, 1.807) is 12.1 Å². The summed E-state index contributed by atoms with van der Waals surface area (Å²) in [4.78, 5) is 0. The molecule has 5 heteroatoms. The van der Waals surface area contributed by atoms with Crippen molar-refractivity contribution in [3.63, 3.8) is 0 Å². The summed E-state index contributed by atoms with van der Waals surface area (Å²) in [6, 6.07) is 10.6. The summed E-state index contributed by atoms with van der Waals surface area (Å²) >= 11 is 6.11. The van der Waals surface area contributed by atoms with Crippen molar-refractivity contribution < 1.29 is 5.11 Å². The van der Waals surface area contributed by atoms with Gasteiger partial charge in [-0.2, -0.15) is 5.10 Å². The number of phenolic OH excluding ortho intramolecular Hbond substituents is 1. The van der Waals surface area contributed by atoms with E-state index < -0.39 is 0 Å². The van der Waals surface area contributed by atoms with E-state index in [9.17, 15) is 5.11 Å². The van der Waals surface area contributed by atoms with Crippen LogP contribution in [0.15, 0.2) is 36.4 Å². The predicted molar refractivity (Wildman–Crippen MR) is 72.6 cm³/mol. The summed E-state index contributed by atoms with van der Waals surface area (Å²) in [6.07, 6.45) is 0. The number of nitrogens with zero attached hydrogens (tertiary/aromatic N) is 1. The van der Waals surface area contributed by atoms with E-state index in [4.69, 9.17) is 17.3 Å². The topological polar surface area (TPSA) is 74.9 Å². The summed E-state index contributed by atoms with van der Waals surface area (Å²) < 4.78 is 0. The summed E-state index contributed by atoms with van der Waals surface area (Å²) in [5.41, 5.74) is 8.36. The number of benzene rings is 2. The molecule has 90 valence electrons. The van der Waals surface area contributed by atoms with Crippen LogP contribution in [0, 0.1) is 0 Å². The number of aromatic nitrogens is 2. The molecule has 3 aromatic rings. The molecular formula is C13H10ClN3O. The first-order chi connectivity index (χ1) is 8.65. The Morgan fingerprint density at radius 1 is 1.17 bits per heavy atom. The molecule has 0 atom stereocenters. The molecule has 0 radical (unpaired) electrons. The predicted octanol–water partition coefficient (Wildman–Crippen LogP) is 3.17. The molecule has 0 fully saturated rings. The maximum atomic E-state index is 9.34. The van der Waals surface area contributed by atoms with Crippen molar-refractivity contribution in [2.75, 3.05) is 5.73 Å². The van der Waals surface area contributed by atoms with Crippen molar-refractivity contribution in [3.8, 4) is 16.9 Å². The van der Waals surface area contributed by atoms with Gasteiger partial charge in [-0.05, 0) is 35.9 Å². The highest BCUT2D eigenvalue weighted by molar-refractivity contribution is 6.33. The molecule has 0 aliphatic rings. The number of nitrogen functional groups attached to an aromatic ring is 1. The second-order valence-corrected chi connectivity index (χ2v) is 4.44. The number of rotatable bonds is 1. The fraction of sp³-hybridized carbons (Fsp3) is 0. The highest BCUT2D eigenvalue weighted by Crippen LogP contribution is 2.32. The minimum absolute atomic E-state index is 0.149. The Morgan fingerprint density at radius 3 is 2.78 bits per heavy atom. The van der Waals surface area contributed by atoms with Gasteiger partial charge in [0.15, 0.2) is 5.82 Å². The summed E-state index contributed by atoms with van der Waals surface area (Å²) in [7, 11) is 0. The molecule has 1 heterocycles. The number of phenols is 1. The number of hydrogen-bond donors (Lipinski definition) is 3. The minimum Gasteiger partial charge on any atom is -0.508 e. The first-order valence-electron chi connectivity index (χ1n) is 5.37. The van der Waals surface area contributed by atoms with Gasteiger partial charge in [0.05, 0.1) is 10.5 Å². The van der Waals surface area contributed by atoms with Gasteiger partial charge in [0.2, 0.25) is 0 Å². The molecule has 18 heavy (non-hydrogen) atoms. The lowest BCUT2D eigenvalue weighted by Gasteiger charge is -2.05. The van der Waals surface area contributed by atoms with Crippen molar-refractivity contribution in [3.05, 3.63) is 41.4 Å². The number of aromatic hydroxyl groups is 1. The van der Waals surface area contributed by atoms with E-state index in [2.05, 4.69) is 10.2 Å². The highest BCUT2D eigenvalue weighted by atomic mass is 35.5. The molecule has 0 aliphatic carbocycles. The van der Waals surface area contributed by atoms with E-state index in [1.165, 1.54) is 6.07 Å². The molecule has 3 rings (SSSR count). The zero-order valence-corrected chi connectivity index (χ0v) is 10.1. The van der Waals surface area contributed by atoms with Crippen LogP contribution in [0.3, 0.4) is 0 Å². The van der Waals surface area contributed by atoms with Crippen LogP contribution in [-0.2, 0) is 0 Å². The van der Waals surface area contributed by atoms with E-state index in [-0.39, 0.29) is 5.75 Å². The Labute approximate surface area is 108 Å². The molecule has 0 saturated heterocycles. The van der Waals surface area contributed by atoms with Gasteiger partial charge in [0.25, 0.3) is 0 Å². The zero-order chi connectivity index (χ0) is 12.7. The Kier molecular flexibility index (Phi) is 2.38. The van der Waals surface area contributed by atoms with Gasteiger partial charge >= 0.3 is 0 Å². The normalized spacial score (nSPS) is 10.9. The number of H-pyrrole nitrogens is 1. The van der Waals surface area contributed by atoms with Gasteiger partial charge in [-0.15, -0.1) is 0 Å². The second kappa shape index (κ2) is 3.92. The minimum atomic E-state index is 0.149. The van der Waals surface area contributed by atoms with Crippen LogP contribution in [0.5, 0.6) is 5.75 Å². The molecule has 0 saturated carbocycles. The van der Waals surface area contributed by atoms with Crippen LogP contribution in [0.25, 0.3) is 22.0 Å². The molecular weight excluding hydrogens is 250 g/mol. The smallest absolute Gasteiger partial charge is 0.153 e. The average Bonchev–Trinajstić information content (AvgIpc) is 2.71. The quantitative estimate of drug-likeness (QED) is 0.628. The van der Waals surface area contributed by atoms with Crippen molar-refractivity contribution >= 4 is 28.3 Å². The zero-order valence-electron chi connectivity index (χ0n) is 9.31. The molecule has 2 aromatic carbocycles. The fourth-order valence-electron chi connectivity index (χ4n) is 1.95. The average molecular weight is 260 g/mol. The lowest BCUT2D eigenvalue weighted by atomic mass is 10.0. The lowest BCUT2D eigenvalue weighted by Crippen LogP contribution is -1.84. The molecule has 4 nitrogen and oxygen atoms in total. The monoisotopic (exact) mass is 259 g/mol. The molecule has 1 aromatic heterocycles. The third kappa shape index (κ3) is 1.67. The maximum Gasteiger partial charge on any atom is 0.153 e. The number of halogens is 1. The van der Waals surface area contributed by atoms with E-state index in [0.29, 0.717) is 10.8 Å². The van der Waals surface area contributed by atoms with Gasteiger partial charge in [0.1, 0.15) is 5.75 Å². The third-order valence-electron chi connectivity index (χ3n) is 2.86. The summed E-state index contributed by atoms with van der Waals surface area (Å²) in [5.74, 6) is 0.629. The molecule has 4 N–H and O–H groups in total. The van der Waals surface area contributed by atoms with E-state index in [0.717, 1.165) is 22.0 Å². The van der Waals surface area contributed by atoms with Gasteiger partial charge in [-0.25, -0.2) is 0 Å². The number of fused-ring (bicyclic) bond motifs is 1. The van der Waals surface area contributed by atoms with Crippen LogP contribution in [0.1, 0.15) is 0 Å². The summed E-state index contributed by atoms with van der Waals surface area (Å²) in [5, 5.41) is 17.5.